The Kier molecular flexibility index (Phi) is 5.61. The van der Waals surface area contributed by atoms with Gasteiger partial charge in [-0.05, 0) is 51.1 Å². The summed E-state index contributed by atoms with van der Waals surface area (Å²) in [5.41, 5.74) is 4.55. The molecule has 1 aliphatic heterocycles. The molecule has 0 aliphatic carbocycles. The number of amides is 1. The molecule has 0 fully saturated rings. The number of anilines is 2. The zero-order chi connectivity index (χ0) is 23.0. The van der Waals surface area contributed by atoms with Gasteiger partial charge in [0.15, 0.2) is 11.5 Å². The molecule has 2 aromatic carbocycles. The third-order valence-electron chi connectivity index (χ3n) is 3.95. The van der Waals surface area contributed by atoms with Crippen molar-refractivity contribution in [3.05, 3.63) is 42.5 Å². The second-order valence-corrected chi connectivity index (χ2v) is 9.52. The van der Waals surface area contributed by atoms with Crippen molar-refractivity contribution >= 4 is 27.5 Å². The number of hydrogen-bond donors (Lipinski definition) is 2. The predicted octanol–water partition coefficient (Wildman–Crippen LogP) is 3.68. The SMILES string of the molecule is CN(c1ccc2c(c1)OC(F)(F)O2)S(=O)(=O)c1cccc(NNC(=O)OC(C)(C)C)c1. The van der Waals surface area contributed by atoms with Crippen molar-refractivity contribution in [2.24, 2.45) is 0 Å². The molecule has 9 nitrogen and oxygen atoms in total. The van der Waals surface area contributed by atoms with E-state index in [1.54, 1.807) is 26.8 Å². The number of sulfonamides is 1. The van der Waals surface area contributed by atoms with E-state index in [2.05, 4.69) is 20.3 Å². The molecule has 168 valence electrons. The number of alkyl halides is 2. The van der Waals surface area contributed by atoms with Gasteiger partial charge in [-0.2, -0.15) is 0 Å². The van der Waals surface area contributed by atoms with Crippen LogP contribution in [0.1, 0.15) is 20.8 Å². The maximum atomic E-state index is 13.2. The van der Waals surface area contributed by atoms with Crippen molar-refractivity contribution in [1.29, 1.82) is 0 Å². The Labute approximate surface area is 177 Å². The fraction of sp³-hybridized carbons (Fsp3) is 0.316. The van der Waals surface area contributed by atoms with Gasteiger partial charge in [-0.15, -0.1) is 8.78 Å². The zero-order valence-corrected chi connectivity index (χ0v) is 17.9. The third-order valence-corrected chi connectivity index (χ3v) is 5.73. The van der Waals surface area contributed by atoms with Crippen LogP contribution in [0.5, 0.6) is 11.5 Å². The van der Waals surface area contributed by atoms with Gasteiger partial charge in [0.25, 0.3) is 10.0 Å². The highest BCUT2D eigenvalue weighted by atomic mass is 32.2. The molecule has 3 rings (SSSR count). The van der Waals surface area contributed by atoms with Crippen molar-refractivity contribution in [2.75, 3.05) is 16.8 Å². The van der Waals surface area contributed by atoms with Crippen LogP contribution in [0.3, 0.4) is 0 Å². The molecule has 12 heteroatoms. The number of fused-ring (bicyclic) bond motifs is 1. The summed E-state index contributed by atoms with van der Waals surface area (Å²) >= 11 is 0. The molecular formula is C19H21F2N3O6S. The Bertz CT molecular complexity index is 1100. The van der Waals surface area contributed by atoms with Crippen LogP contribution in [-0.2, 0) is 14.8 Å². The third kappa shape index (κ3) is 5.26. The summed E-state index contributed by atoms with van der Waals surface area (Å²) in [5.74, 6) is -0.472. The lowest BCUT2D eigenvalue weighted by Gasteiger charge is -2.21. The Morgan fingerprint density at radius 1 is 1.10 bits per heavy atom. The van der Waals surface area contributed by atoms with Gasteiger partial charge in [-0.1, -0.05) is 6.07 Å². The summed E-state index contributed by atoms with van der Waals surface area (Å²) in [5, 5.41) is 0. The summed E-state index contributed by atoms with van der Waals surface area (Å²) in [7, 11) is -2.79. The van der Waals surface area contributed by atoms with Crippen LogP contribution in [-0.4, -0.2) is 33.5 Å². The maximum Gasteiger partial charge on any atom is 0.586 e. The molecule has 31 heavy (non-hydrogen) atoms. The number of hydrogen-bond acceptors (Lipinski definition) is 7. The number of ether oxygens (including phenoxy) is 3. The van der Waals surface area contributed by atoms with Crippen molar-refractivity contribution in [3.8, 4) is 11.5 Å². The molecule has 1 amide bonds. The first-order chi connectivity index (χ1) is 14.3. The molecular weight excluding hydrogens is 436 g/mol. The minimum atomic E-state index is -4.06. The zero-order valence-electron chi connectivity index (χ0n) is 17.1. The molecule has 0 atom stereocenters. The lowest BCUT2D eigenvalue weighted by molar-refractivity contribution is -0.286. The molecule has 0 saturated carbocycles. The number of halogens is 2. The Morgan fingerprint density at radius 3 is 2.45 bits per heavy atom. The highest BCUT2D eigenvalue weighted by Crippen LogP contribution is 2.43. The number of nitrogens with zero attached hydrogens (tertiary/aromatic N) is 1. The molecule has 1 aliphatic rings. The molecule has 0 aromatic heterocycles. The average Bonchev–Trinajstić information content (AvgIpc) is 2.97. The van der Waals surface area contributed by atoms with Gasteiger partial charge in [-0.25, -0.2) is 18.6 Å². The molecule has 2 aromatic rings. The van der Waals surface area contributed by atoms with E-state index in [9.17, 15) is 22.0 Å². The first-order valence-electron chi connectivity index (χ1n) is 9.01. The lowest BCUT2D eigenvalue weighted by Crippen LogP contribution is -2.35. The molecule has 2 N–H and O–H groups in total. The summed E-state index contributed by atoms with van der Waals surface area (Å²) in [6.07, 6.45) is -4.55. The van der Waals surface area contributed by atoms with Gasteiger partial charge >= 0.3 is 12.4 Å². The number of benzene rings is 2. The minimum Gasteiger partial charge on any atom is -0.443 e. The standard InChI is InChI=1S/C19H21F2N3O6S/c1-18(2,3)30-17(25)23-22-12-6-5-7-14(10-12)31(26,27)24(4)13-8-9-15-16(11-13)29-19(20,21)28-15/h5-11,22H,1-4H3,(H,23,25). The Hall–Kier alpha value is -3.28. The first kappa shape index (κ1) is 22.4. The topological polar surface area (TPSA) is 106 Å². The Morgan fingerprint density at radius 2 is 1.77 bits per heavy atom. The van der Waals surface area contributed by atoms with Gasteiger partial charge in [0.1, 0.15) is 5.60 Å². The van der Waals surface area contributed by atoms with Crippen LogP contribution >= 0.6 is 0 Å². The largest absolute Gasteiger partial charge is 0.586 e. The molecule has 0 saturated heterocycles. The fourth-order valence-corrected chi connectivity index (χ4v) is 3.83. The minimum absolute atomic E-state index is 0.0882. The smallest absolute Gasteiger partial charge is 0.443 e. The Balaban J connectivity index is 1.76. The van der Waals surface area contributed by atoms with Crippen LogP contribution in [0, 0.1) is 0 Å². The van der Waals surface area contributed by atoms with E-state index in [0.29, 0.717) is 0 Å². The molecule has 0 bridgehead atoms. The second-order valence-electron chi connectivity index (χ2n) is 7.55. The number of hydrazine groups is 1. The van der Waals surface area contributed by atoms with Crippen molar-refractivity contribution in [3.63, 3.8) is 0 Å². The van der Waals surface area contributed by atoms with E-state index >= 15 is 0 Å². The lowest BCUT2D eigenvalue weighted by atomic mass is 10.2. The fourth-order valence-electron chi connectivity index (χ4n) is 2.59. The van der Waals surface area contributed by atoms with Crippen LogP contribution < -0.4 is 24.6 Å². The average molecular weight is 457 g/mol. The van der Waals surface area contributed by atoms with E-state index in [0.717, 1.165) is 10.4 Å². The quantitative estimate of drug-likeness (QED) is 0.660. The van der Waals surface area contributed by atoms with Gasteiger partial charge < -0.3 is 14.2 Å². The molecule has 1 heterocycles. The summed E-state index contributed by atoms with van der Waals surface area (Å²) in [6, 6.07) is 9.31. The van der Waals surface area contributed by atoms with Gasteiger partial charge in [-0.3, -0.25) is 9.73 Å². The van der Waals surface area contributed by atoms with Gasteiger partial charge in [0.05, 0.1) is 16.3 Å². The van der Waals surface area contributed by atoms with E-state index in [4.69, 9.17) is 4.74 Å². The van der Waals surface area contributed by atoms with Gasteiger partial charge in [0.2, 0.25) is 0 Å². The molecule has 0 unspecified atom stereocenters. The number of nitrogens with one attached hydrogen (secondary N) is 2. The molecule has 0 spiro atoms. The maximum absolute atomic E-state index is 13.2. The van der Waals surface area contributed by atoms with Gasteiger partial charge in [0, 0.05) is 13.1 Å². The van der Waals surface area contributed by atoms with Crippen LogP contribution in [0.2, 0.25) is 0 Å². The summed E-state index contributed by atoms with van der Waals surface area (Å²) < 4.78 is 67.1. The second kappa shape index (κ2) is 7.76. The van der Waals surface area contributed by atoms with E-state index in [1.807, 2.05) is 0 Å². The van der Waals surface area contributed by atoms with Crippen molar-refractivity contribution in [1.82, 2.24) is 5.43 Å². The highest BCUT2D eigenvalue weighted by molar-refractivity contribution is 7.92. The highest BCUT2D eigenvalue weighted by Gasteiger charge is 2.43. The predicted molar refractivity (Wildman–Crippen MR) is 108 cm³/mol. The van der Waals surface area contributed by atoms with E-state index < -0.39 is 28.0 Å². The van der Waals surface area contributed by atoms with E-state index in [-0.39, 0.29) is 27.8 Å². The summed E-state index contributed by atoms with van der Waals surface area (Å²) in [6.45, 7) is 5.10. The first-order valence-corrected chi connectivity index (χ1v) is 10.4. The molecule has 0 radical (unpaired) electrons. The van der Waals surface area contributed by atoms with E-state index in [1.165, 1.54) is 37.4 Å². The van der Waals surface area contributed by atoms with Crippen LogP contribution in [0.4, 0.5) is 25.0 Å². The number of carbonyl (C=O) groups excluding carboxylic acids is 1. The van der Waals surface area contributed by atoms with Crippen molar-refractivity contribution < 1.29 is 36.2 Å². The number of rotatable bonds is 5. The van der Waals surface area contributed by atoms with Crippen LogP contribution in [0.15, 0.2) is 47.4 Å². The monoisotopic (exact) mass is 457 g/mol. The van der Waals surface area contributed by atoms with Crippen LogP contribution in [0.25, 0.3) is 0 Å². The van der Waals surface area contributed by atoms with Crippen molar-refractivity contribution in [2.45, 2.75) is 37.6 Å². The summed E-state index contributed by atoms with van der Waals surface area (Å²) in [4.78, 5) is 11.6. The number of carbonyl (C=O) groups is 1. The normalized spacial score (nSPS) is 14.6.